The molecule has 0 bridgehead atoms. The van der Waals surface area contributed by atoms with Crippen LogP contribution in [-0.4, -0.2) is 25.4 Å². The lowest BCUT2D eigenvalue weighted by Crippen LogP contribution is -2.06. The number of alkyl halides is 2. The minimum absolute atomic E-state index is 0.375. The van der Waals surface area contributed by atoms with E-state index >= 15 is 0 Å². The fourth-order valence-corrected chi connectivity index (χ4v) is 2.62. The van der Waals surface area contributed by atoms with Crippen molar-refractivity contribution in [3.8, 4) is 0 Å². The van der Waals surface area contributed by atoms with Gasteiger partial charge in [-0.05, 0) is 0 Å². The highest BCUT2D eigenvalue weighted by atomic mass is 32.2. The topological polar surface area (TPSA) is 47.7 Å². The molecule has 0 saturated heterocycles. The van der Waals surface area contributed by atoms with Crippen molar-refractivity contribution in [1.29, 1.82) is 0 Å². The molecule has 0 atom stereocenters. The first-order chi connectivity index (χ1) is 8.70. The molecule has 0 spiro atoms. The van der Waals surface area contributed by atoms with Gasteiger partial charge in [0.15, 0.2) is 0 Å². The molecule has 3 heterocycles. The summed E-state index contributed by atoms with van der Waals surface area (Å²) < 4.78 is 27.3. The molecule has 0 fully saturated rings. The van der Waals surface area contributed by atoms with Gasteiger partial charge in [0.1, 0.15) is 6.54 Å². The van der Waals surface area contributed by atoms with Crippen molar-refractivity contribution in [3.63, 3.8) is 0 Å². The molecule has 5 nitrogen and oxygen atoms in total. The van der Waals surface area contributed by atoms with Crippen LogP contribution in [0.25, 0.3) is 0 Å². The van der Waals surface area contributed by atoms with E-state index in [2.05, 4.69) is 15.5 Å². The molecular formula is C10H11F2N5S. The van der Waals surface area contributed by atoms with Crippen molar-refractivity contribution in [2.45, 2.75) is 31.0 Å². The summed E-state index contributed by atoms with van der Waals surface area (Å²) in [4.78, 5) is 0.796. The highest BCUT2D eigenvalue weighted by Crippen LogP contribution is 2.22. The predicted molar refractivity (Wildman–Crippen MR) is 62.3 cm³/mol. The zero-order valence-corrected chi connectivity index (χ0v) is 10.2. The largest absolute Gasteiger partial charge is 0.307 e. The Hall–Kier alpha value is -1.41. The Morgan fingerprint density at radius 1 is 1.39 bits per heavy atom. The lowest BCUT2D eigenvalue weighted by molar-refractivity contribution is 0.121. The molecule has 2 aromatic heterocycles. The molecule has 2 aromatic rings. The van der Waals surface area contributed by atoms with Gasteiger partial charge >= 0.3 is 0 Å². The fraction of sp³-hybridized carbons (Fsp3) is 0.400. The number of hydrogen-bond acceptors (Lipinski definition) is 4. The van der Waals surface area contributed by atoms with E-state index in [4.69, 9.17) is 0 Å². The number of hydrogen-bond donors (Lipinski definition) is 1. The van der Waals surface area contributed by atoms with E-state index in [0.717, 1.165) is 23.7 Å². The molecule has 3 rings (SSSR count). The van der Waals surface area contributed by atoms with E-state index < -0.39 is 6.43 Å². The highest BCUT2D eigenvalue weighted by molar-refractivity contribution is 7.97. The maximum Gasteiger partial charge on any atom is 0.257 e. The molecule has 0 aromatic carbocycles. The monoisotopic (exact) mass is 271 g/mol. The summed E-state index contributed by atoms with van der Waals surface area (Å²) in [5, 5.41) is 11.5. The van der Waals surface area contributed by atoms with E-state index in [1.807, 2.05) is 6.20 Å². The molecule has 0 radical (unpaired) electrons. The number of nitrogens with one attached hydrogen (secondary N) is 1. The summed E-state index contributed by atoms with van der Waals surface area (Å²) >= 11 is 1.37. The van der Waals surface area contributed by atoms with Gasteiger partial charge in [0.25, 0.3) is 6.43 Å². The third kappa shape index (κ3) is 2.39. The van der Waals surface area contributed by atoms with Crippen LogP contribution in [0, 0.1) is 0 Å². The van der Waals surface area contributed by atoms with Gasteiger partial charge in [-0.15, -0.1) is 0 Å². The number of nitrogens with zero attached hydrogens (tertiary/aromatic N) is 4. The number of fused-ring (bicyclic) bond motifs is 1. The van der Waals surface area contributed by atoms with E-state index in [1.165, 1.54) is 22.2 Å². The van der Waals surface area contributed by atoms with Crippen LogP contribution in [0.3, 0.4) is 0 Å². The smallest absolute Gasteiger partial charge is 0.257 e. The van der Waals surface area contributed by atoms with Crippen molar-refractivity contribution in [3.05, 3.63) is 29.8 Å². The summed E-state index contributed by atoms with van der Waals surface area (Å²) in [6.45, 7) is 1.24. The van der Waals surface area contributed by atoms with Crippen LogP contribution in [0.4, 0.5) is 8.78 Å². The van der Waals surface area contributed by atoms with Crippen molar-refractivity contribution in [2.75, 3.05) is 0 Å². The predicted octanol–water partition coefficient (Wildman–Crippen LogP) is 1.50. The van der Waals surface area contributed by atoms with Crippen LogP contribution in [0.5, 0.6) is 0 Å². The van der Waals surface area contributed by atoms with Crippen molar-refractivity contribution >= 4 is 11.9 Å². The normalized spacial score (nSPS) is 14.4. The Labute approximate surface area is 106 Å². The lowest BCUT2D eigenvalue weighted by atomic mass is 10.3. The summed E-state index contributed by atoms with van der Waals surface area (Å²) in [5.41, 5.74) is 2.23. The molecule has 1 aliphatic heterocycles. The second-order valence-electron chi connectivity index (χ2n) is 3.99. The third-order valence-electron chi connectivity index (χ3n) is 2.60. The average molecular weight is 271 g/mol. The molecule has 1 aliphatic rings. The van der Waals surface area contributed by atoms with Crippen LogP contribution >= 0.6 is 11.9 Å². The van der Waals surface area contributed by atoms with Gasteiger partial charge in [-0.25, -0.2) is 12.9 Å². The first-order valence-electron chi connectivity index (χ1n) is 5.48. The maximum absolute atomic E-state index is 12.2. The number of halogens is 2. The molecule has 0 amide bonds. The molecular weight excluding hydrogens is 260 g/mol. The summed E-state index contributed by atoms with van der Waals surface area (Å²) in [5.74, 6) is 0. The minimum Gasteiger partial charge on any atom is -0.307 e. The quantitative estimate of drug-likeness (QED) is 0.915. The zero-order chi connectivity index (χ0) is 12.5. The van der Waals surface area contributed by atoms with E-state index in [1.54, 1.807) is 16.5 Å². The zero-order valence-electron chi connectivity index (χ0n) is 9.38. The van der Waals surface area contributed by atoms with E-state index in [0.29, 0.717) is 0 Å². The Bertz CT molecular complexity index is 529. The standard InChI is InChI=1S/C10H11F2N5S/c11-10(12)6-16-5-8(2-14-16)18-17-4-7-1-13-3-9(7)15-17/h2,4-5,10,13H,1,3,6H2. The summed E-state index contributed by atoms with van der Waals surface area (Å²) in [7, 11) is 0. The molecule has 0 unspecified atom stereocenters. The van der Waals surface area contributed by atoms with Crippen molar-refractivity contribution in [2.24, 2.45) is 0 Å². The molecule has 0 aliphatic carbocycles. The van der Waals surface area contributed by atoms with Gasteiger partial charge in [0.2, 0.25) is 0 Å². The SMILES string of the molecule is FC(F)Cn1cc(Sn2cc3c(n2)CNC3)cn1. The van der Waals surface area contributed by atoms with Crippen LogP contribution < -0.4 is 5.32 Å². The second kappa shape index (κ2) is 4.69. The summed E-state index contributed by atoms with van der Waals surface area (Å²) in [6.07, 6.45) is 2.73. The van der Waals surface area contributed by atoms with Gasteiger partial charge in [0, 0.05) is 43.0 Å². The molecule has 0 saturated carbocycles. The van der Waals surface area contributed by atoms with Gasteiger partial charge in [-0.3, -0.25) is 4.68 Å². The van der Waals surface area contributed by atoms with E-state index in [9.17, 15) is 8.78 Å². The van der Waals surface area contributed by atoms with Gasteiger partial charge in [-0.1, -0.05) is 0 Å². The van der Waals surface area contributed by atoms with Crippen LogP contribution in [0.15, 0.2) is 23.5 Å². The number of rotatable bonds is 4. The average Bonchev–Trinajstić information content (AvgIpc) is 2.93. The molecule has 8 heteroatoms. The van der Waals surface area contributed by atoms with Crippen LogP contribution in [0.1, 0.15) is 11.3 Å². The minimum atomic E-state index is -2.39. The van der Waals surface area contributed by atoms with Gasteiger partial charge in [0.05, 0.1) is 16.8 Å². The Morgan fingerprint density at radius 2 is 2.28 bits per heavy atom. The maximum atomic E-state index is 12.2. The molecule has 1 N–H and O–H groups in total. The van der Waals surface area contributed by atoms with Crippen molar-refractivity contribution < 1.29 is 8.78 Å². The highest BCUT2D eigenvalue weighted by Gasteiger charge is 2.15. The van der Waals surface area contributed by atoms with Gasteiger partial charge in [-0.2, -0.15) is 10.2 Å². The first-order valence-corrected chi connectivity index (χ1v) is 6.25. The third-order valence-corrected chi connectivity index (χ3v) is 3.39. The van der Waals surface area contributed by atoms with Crippen LogP contribution in [-0.2, 0) is 19.6 Å². The molecule has 96 valence electrons. The van der Waals surface area contributed by atoms with E-state index in [-0.39, 0.29) is 6.54 Å². The Balaban J connectivity index is 1.70. The first kappa shape index (κ1) is 11.7. The lowest BCUT2D eigenvalue weighted by Gasteiger charge is -1.99. The fourth-order valence-electron chi connectivity index (χ4n) is 1.82. The second-order valence-corrected chi connectivity index (χ2v) is 5.02. The van der Waals surface area contributed by atoms with Crippen molar-refractivity contribution in [1.82, 2.24) is 24.3 Å². The Kier molecular flexibility index (Phi) is 3.04. The Morgan fingerprint density at radius 3 is 3.06 bits per heavy atom. The molecule has 18 heavy (non-hydrogen) atoms. The van der Waals surface area contributed by atoms with Gasteiger partial charge < -0.3 is 5.32 Å². The van der Waals surface area contributed by atoms with Crippen LogP contribution in [0.2, 0.25) is 0 Å². The number of aromatic nitrogens is 4. The summed E-state index contributed by atoms with van der Waals surface area (Å²) in [6, 6.07) is 0.